The standard InChI is InChI=1S/C21H21ClFN5O3/c1-19-12(8-29)20(19,9-30)14-15(21(14,23)31-19)28-10-25-13-16(26-18(22)27-17(13)28)24-7-11-5-3-2-4-6-11/h2-6,10,12,14-15,29-30H,7-9H2,1H3,(H,24,26,27)/t12-,14?,15?,19?,20?,21?/m0/s1. The molecular weight excluding hydrogens is 425 g/mol. The number of alkyl halides is 1. The molecule has 0 radical (unpaired) electrons. The second-order valence-electron chi connectivity index (χ2n) is 8.77. The van der Waals surface area contributed by atoms with Crippen LogP contribution in [-0.4, -0.2) is 54.4 Å². The number of hydrogen-bond donors (Lipinski definition) is 3. The molecule has 2 saturated carbocycles. The Hall–Kier alpha value is -2.33. The minimum atomic E-state index is -1.94. The van der Waals surface area contributed by atoms with Gasteiger partial charge in [0.15, 0.2) is 17.0 Å². The van der Waals surface area contributed by atoms with Gasteiger partial charge in [-0.25, -0.2) is 9.37 Å². The Kier molecular flexibility index (Phi) is 3.83. The lowest BCUT2D eigenvalue weighted by atomic mass is 9.95. The second kappa shape index (κ2) is 6.13. The van der Waals surface area contributed by atoms with E-state index in [0.717, 1.165) is 5.56 Å². The molecule has 0 spiro atoms. The first-order valence-corrected chi connectivity index (χ1v) is 10.6. The number of anilines is 1. The van der Waals surface area contributed by atoms with E-state index in [0.29, 0.717) is 23.5 Å². The summed E-state index contributed by atoms with van der Waals surface area (Å²) in [5.74, 6) is -2.39. The van der Waals surface area contributed by atoms with Crippen molar-refractivity contribution in [1.29, 1.82) is 0 Å². The fourth-order valence-electron chi connectivity index (χ4n) is 5.93. The van der Waals surface area contributed by atoms with Crippen molar-refractivity contribution in [3.05, 3.63) is 47.5 Å². The maximum absolute atomic E-state index is 15.7. The second-order valence-corrected chi connectivity index (χ2v) is 9.11. The van der Waals surface area contributed by atoms with Crippen molar-refractivity contribution in [2.75, 3.05) is 18.5 Å². The summed E-state index contributed by atoms with van der Waals surface area (Å²) in [6, 6.07) is 9.10. The molecule has 31 heavy (non-hydrogen) atoms. The van der Waals surface area contributed by atoms with E-state index in [4.69, 9.17) is 16.3 Å². The van der Waals surface area contributed by atoms with Gasteiger partial charge in [-0.05, 0) is 24.1 Å². The number of halogens is 2. The summed E-state index contributed by atoms with van der Waals surface area (Å²) in [5.41, 5.74) is 0.252. The first kappa shape index (κ1) is 19.4. The highest BCUT2D eigenvalue weighted by Crippen LogP contribution is 2.87. The molecule has 3 aromatic rings. The van der Waals surface area contributed by atoms with Gasteiger partial charge < -0.3 is 24.8 Å². The minimum Gasteiger partial charge on any atom is -0.396 e. The summed E-state index contributed by atoms with van der Waals surface area (Å²) in [5, 5.41) is 23.1. The molecule has 1 saturated heterocycles. The highest BCUT2D eigenvalue weighted by molar-refractivity contribution is 6.28. The average molecular weight is 446 g/mol. The van der Waals surface area contributed by atoms with Gasteiger partial charge in [-0.1, -0.05) is 30.3 Å². The van der Waals surface area contributed by atoms with Crippen LogP contribution in [0.4, 0.5) is 10.2 Å². The van der Waals surface area contributed by atoms with Gasteiger partial charge in [0.1, 0.15) is 6.04 Å². The SMILES string of the molecule is CC12OC3(F)C(n4cnc5c(NCc6ccccc6)nc(Cl)nc54)C3C1(CO)[C@H]2CO. The molecule has 6 rings (SSSR count). The van der Waals surface area contributed by atoms with E-state index in [9.17, 15) is 10.2 Å². The predicted molar refractivity (Wildman–Crippen MR) is 110 cm³/mol. The lowest BCUT2D eigenvalue weighted by Gasteiger charge is -2.18. The summed E-state index contributed by atoms with van der Waals surface area (Å²) in [6.45, 7) is 1.85. The Labute approximate surface area is 182 Å². The topological polar surface area (TPSA) is 105 Å². The van der Waals surface area contributed by atoms with Crippen LogP contribution in [0.5, 0.6) is 0 Å². The molecule has 2 aromatic heterocycles. The smallest absolute Gasteiger partial charge is 0.237 e. The van der Waals surface area contributed by atoms with Gasteiger partial charge in [0, 0.05) is 24.5 Å². The van der Waals surface area contributed by atoms with E-state index in [1.165, 1.54) is 6.33 Å². The molecular formula is C21H21ClFN5O3. The number of benzene rings is 1. The molecule has 3 heterocycles. The van der Waals surface area contributed by atoms with Crippen molar-refractivity contribution < 1.29 is 19.3 Å². The number of fused-ring (bicyclic) bond motifs is 4. The molecule has 3 N–H and O–H groups in total. The molecule has 6 atom stereocenters. The number of rotatable bonds is 6. The Morgan fingerprint density at radius 2 is 2.03 bits per heavy atom. The lowest BCUT2D eigenvalue weighted by molar-refractivity contribution is -0.120. The summed E-state index contributed by atoms with van der Waals surface area (Å²) in [4.78, 5) is 13.0. The Bertz CT molecular complexity index is 1190. The molecule has 10 heteroatoms. The van der Waals surface area contributed by atoms with Crippen LogP contribution < -0.4 is 5.32 Å². The van der Waals surface area contributed by atoms with Gasteiger partial charge in [0.25, 0.3) is 0 Å². The number of nitrogens with zero attached hydrogens (tertiary/aromatic N) is 4. The van der Waals surface area contributed by atoms with Crippen molar-refractivity contribution in [3.63, 3.8) is 0 Å². The molecule has 2 aliphatic carbocycles. The van der Waals surface area contributed by atoms with Gasteiger partial charge in [-0.15, -0.1) is 0 Å². The van der Waals surface area contributed by atoms with Gasteiger partial charge in [-0.2, -0.15) is 9.97 Å². The van der Waals surface area contributed by atoms with E-state index in [2.05, 4.69) is 20.3 Å². The maximum atomic E-state index is 15.7. The van der Waals surface area contributed by atoms with Crippen molar-refractivity contribution in [2.24, 2.45) is 17.3 Å². The minimum absolute atomic E-state index is 0.0193. The van der Waals surface area contributed by atoms with Crippen LogP contribution in [0.15, 0.2) is 36.7 Å². The Morgan fingerprint density at radius 3 is 2.74 bits per heavy atom. The van der Waals surface area contributed by atoms with Crippen LogP contribution >= 0.6 is 11.6 Å². The monoisotopic (exact) mass is 445 g/mol. The molecule has 8 nitrogen and oxygen atoms in total. The van der Waals surface area contributed by atoms with Crippen LogP contribution in [0.1, 0.15) is 18.5 Å². The van der Waals surface area contributed by atoms with Gasteiger partial charge in [0.2, 0.25) is 11.1 Å². The normalized spacial score (nSPS) is 37.5. The summed E-state index contributed by atoms with van der Waals surface area (Å²) in [7, 11) is 0. The van der Waals surface area contributed by atoms with E-state index >= 15 is 4.39 Å². The third-order valence-corrected chi connectivity index (χ3v) is 7.69. The molecule has 3 aliphatic rings. The molecule has 162 valence electrons. The largest absolute Gasteiger partial charge is 0.396 e. The van der Waals surface area contributed by atoms with Gasteiger partial charge >= 0.3 is 0 Å². The van der Waals surface area contributed by atoms with Crippen LogP contribution in [0, 0.1) is 17.3 Å². The number of nitrogens with one attached hydrogen (secondary N) is 1. The fourth-order valence-corrected chi connectivity index (χ4v) is 6.10. The zero-order chi connectivity index (χ0) is 21.6. The van der Waals surface area contributed by atoms with Crippen LogP contribution in [0.3, 0.4) is 0 Å². The van der Waals surface area contributed by atoms with E-state index < -0.39 is 28.8 Å². The number of aliphatic hydroxyl groups excluding tert-OH is 2. The number of ether oxygens (including phenoxy) is 1. The molecule has 5 unspecified atom stereocenters. The quantitative estimate of drug-likeness (QED) is 0.500. The van der Waals surface area contributed by atoms with Gasteiger partial charge in [0.05, 0.1) is 24.5 Å². The van der Waals surface area contributed by atoms with Crippen LogP contribution in [-0.2, 0) is 11.3 Å². The fraction of sp³-hybridized carbons (Fsp3) is 0.476. The Morgan fingerprint density at radius 1 is 1.26 bits per heavy atom. The average Bonchev–Trinajstić information content (AvgIpc) is 3.36. The third-order valence-electron chi connectivity index (χ3n) is 7.53. The molecule has 0 bridgehead atoms. The molecule has 1 aliphatic heterocycles. The maximum Gasteiger partial charge on any atom is 0.237 e. The first-order chi connectivity index (χ1) is 14.9. The molecule has 3 fully saturated rings. The van der Waals surface area contributed by atoms with E-state index in [1.54, 1.807) is 11.5 Å². The van der Waals surface area contributed by atoms with E-state index in [-0.39, 0.29) is 24.4 Å². The molecule has 1 aromatic carbocycles. The highest BCUT2D eigenvalue weighted by atomic mass is 35.5. The van der Waals surface area contributed by atoms with Crippen molar-refractivity contribution in [1.82, 2.24) is 19.5 Å². The number of hydrogen-bond acceptors (Lipinski definition) is 7. The zero-order valence-corrected chi connectivity index (χ0v) is 17.4. The summed E-state index contributed by atoms with van der Waals surface area (Å²) < 4.78 is 23.1. The van der Waals surface area contributed by atoms with Crippen LogP contribution in [0.2, 0.25) is 5.28 Å². The lowest BCUT2D eigenvalue weighted by Crippen LogP contribution is -2.25. The van der Waals surface area contributed by atoms with Crippen LogP contribution in [0.25, 0.3) is 11.2 Å². The molecule has 0 amide bonds. The van der Waals surface area contributed by atoms with Gasteiger partial charge in [-0.3, -0.25) is 0 Å². The third kappa shape index (κ3) is 2.27. The van der Waals surface area contributed by atoms with Crippen molar-refractivity contribution >= 4 is 28.6 Å². The first-order valence-electron chi connectivity index (χ1n) is 10.2. The summed E-state index contributed by atoms with van der Waals surface area (Å²) >= 11 is 6.17. The number of aromatic nitrogens is 4. The highest BCUT2D eigenvalue weighted by Gasteiger charge is 2.97. The summed E-state index contributed by atoms with van der Waals surface area (Å²) in [6.07, 6.45) is 1.51. The zero-order valence-electron chi connectivity index (χ0n) is 16.7. The van der Waals surface area contributed by atoms with Crippen molar-refractivity contribution in [2.45, 2.75) is 31.0 Å². The predicted octanol–water partition coefficient (Wildman–Crippen LogP) is 2.32. The van der Waals surface area contributed by atoms with E-state index in [1.807, 2.05) is 30.3 Å². The van der Waals surface area contributed by atoms with Crippen molar-refractivity contribution in [3.8, 4) is 0 Å². The number of imidazole rings is 1. The number of aliphatic hydroxyl groups is 2. The Balaban J connectivity index is 1.35.